The van der Waals surface area contributed by atoms with Gasteiger partial charge < -0.3 is 10.6 Å². The zero-order chi connectivity index (χ0) is 17.7. The summed E-state index contributed by atoms with van der Waals surface area (Å²) in [4.78, 5) is 28.2. The summed E-state index contributed by atoms with van der Waals surface area (Å²) in [5.74, 6) is 1.08. The van der Waals surface area contributed by atoms with Gasteiger partial charge in [0.2, 0.25) is 17.8 Å². The highest BCUT2D eigenvalue weighted by Gasteiger charge is 2.21. The van der Waals surface area contributed by atoms with Crippen LogP contribution in [-0.2, 0) is 16.6 Å². The van der Waals surface area contributed by atoms with Crippen LogP contribution in [0, 0.1) is 5.41 Å². The number of carbonyl (C=O) groups excluding carboxylic acids is 2. The van der Waals surface area contributed by atoms with Gasteiger partial charge in [-0.15, -0.1) is 12.4 Å². The van der Waals surface area contributed by atoms with Crippen molar-refractivity contribution >= 4 is 30.2 Å². The van der Waals surface area contributed by atoms with Gasteiger partial charge in [-0.3, -0.25) is 14.9 Å². The average Bonchev–Trinajstić information content (AvgIpc) is 2.85. The molecule has 8 nitrogen and oxygen atoms in total. The molecule has 0 saturated carbocycles. The van der Waals surface area contributed by atoms with Crippen LogP contribution >= 0.6 is 12.4 Å². The average molecular weight is 373 g/mol. The summed E-state index contributed by atoms with van der Waals surface area (Å²) in [6, 6.07) is 0. The van der Waals surface area contributed by atoms with Crippen molar-refractivity contribution < 1.29 is 9.59 Å². The highest BCUT2D eigenvalue weighted by atomic mass is 35.5. The van der Waals surface area contributed by atoms with Gasteiger partial charge in [0, 0.05) is 19.4 Å². The lowest BCUT2D eigenvalue weighted by molar-refractivity contribution is -0.125. The van der Waals surface area contributed by atoms with Crippen molar-refractivity contribution in [2.45, 2.75) is 46.0 Å². The van der Waals surface area contributed by atoms with E-state index >= 15 is 0 Å². The summed E-state index contributed by atoms with van der Waals surface area (Å²) in [6.45, 7) is 7.80. The molecule has 1 aromatic heterocycles. The molecule has 0 bridgehead atoms. The molecular weight excluding hydrogens is 344 g/mol. The van der Waals surface area contributed by atoms with Crippen molar-refractivity contribution in [1.82, 2.24) is 25.4 Å². The molecule has 1 aliphatic heterocycles. The lowest BCUT2D eigenvalue weighted by Gasteiger charge is -2.19. The Morgan fingerprint density at radius 2 is 1.88 bits per heavy atom. The Balaban J connectivity index is 0.00000312. The van der Waals surface area contributed by atoms with Crippen molar-refractivity contribution in [2.24, 2.45) is 12.5 Å². The van der Waals surface area contributed by atoms with Crippen LogP contribution in [0.15, 0.2) is 0 Å². The Kier molecular flexibility index (Phi) is 7.82. The second kappa shape index (κ2) is 9.15. The van der Waals surface area contributed by atoms with Gasteiger partial charge in [-0.05, 0) is 31.3 Å². The Morgan fingerprint density at radius 3 is 2.48 bits per heavy atom. The number of nitrogens with zero attached hydrogens (tertiary/aromatic N) is 3. The number of rotatable bonds is 5. The fourth-order valence-corrected chi connectivity index (χ4v) is 2.66. The van der Waals surface area contributed by atoms with Crippen molar-refractivity contribution in [2.75, 3.05) is 25.0 Å². The van der Waals surface area contributed by atoms with Gasteiger partial charge in [-0.1, -0.05) is 20.8 Å². The van der Waals surface area contributed by atoms with E-state index in [1.807, 2.05) is 20.8 Å². The van der Waals surface area contributed by atoms with E-state index < -0.39 is 0 Å². The maximum Gasteiger partial charge on any atom is 0.246 e. The van der Waals surface area contributed by atoms with E-state index in [4.69, 9.17) is 0 Å². The van der Waals surface area contributed by atoms with Crippen molar-refractivity contribution in [3.05, 3.63) is 5.82 Å². The van der Waals surface area contributed by atoms with Crippen LogP contribution in [-0.4, -0.2) is 46.2 Å². The van der Waals surface area contributed by atoms with Gasteiger partial charge in [0.25, 0.3) is 0 Å². The highest BCUT2D eigenvalue weighted by molar-refractivity contribution is 5.93. The number of nitrogens with one attached hydrogen (secondary N) is 3. The molecule has 25 heavy (non-hydrogen) atoms. The highest BCUT2D eigenvalue weighted by Crippen LogP contribution is 2.23. The van der Waals surface area contributed by atoms with Crippen LogP contribution in [0.5, 0.6) is 0 Å². The number of carbonyl (C=O) groups is 2. The molecule has 142 valence electrons. The molecule has 9 heteroatoms. The smallest absolute Gasteiger partial charge is 0.246 e. The first kappa shape index (κ1) is 21.4. The predicted octanol–water partition coefficient (Wildman–Crippen LogP) is 1.19. The molecule has 1 aliphatic rings. The molecule has 3 N–H and O–H groups in total. The van der Waals surface area contributed by atoms with Crippen LogP contribution in [0.3, 0.4) is 0 Å². The summed E-state index contributed by atoms with van der Waals surface area (Å²) in [5, 5.41) is 13.1. The van der Waals surface area contributed by atoms with Crippen molar-refractivity contribution in [3.8, 4) is 0 Å². The fourth-order valence-electron chi connectivity index (χ4n) is 2.66. The Morgan fingerprint density at radius 1 is 1.24 bits per heavy atom. The maximum atomic E-state index is 12.0. The zero-order valence-corrected chi connectivity index (χ0v) is 16.2. The number of amides is 2. The number of halogens is 1. The fraction of sp³-hybridized carbons (Fsp3) is 0.750. The van der Waals surface area contributed by atoms with E-state index in [1.54, 1.807) is 11.7 Å². The predicted molar refractivity (Wildman–Crippen MR) is 98.8 cm³/mol. The minimum atomic E-state index is -0.301. The SMILES string of the molecule is Cl.Cn1nc(C2CCNCC2)nc1NC(=O)CNC(=O)CC(C)(C)C. The van der Waals surface area contributed by atoms with Gasteiger partial charge in [0.1, 0.15) is 0 Å². The summed E-state index contributed by atoms with van der Waals surface area (Å²) < 4.78 is 1.58. The van der Waals surface area contributed by atoms with Crippen LogP contribution < -0.4 is 16.0 Å². The monoisotopic (exact) mass is 372 g/mol. The molecule has 2 rings (SSSR count). The zero-order valence-electron chi connectivity index (χ0n) is 15.4. The molecular formula is C16H29ClN6O2. The number of anilines is 1. The lowest BCUT2D eigenvalue weighted by atomic mass is 9.92. The molecule has 0 aliphatic carbocycles. The second-order valence-corrected chi connectivity index (χ2v) is 7.50. The van der Waals surface area contributed by atoms with Crippen LogP contribution in [0.25, 0.3) is 0 Å². The van der Waals surface area contributed by atoms with Crippen molar-refractivity contribution in [1.29, 1.82) is 0 Å². The number of piperidine rings is 1. The normalized spacial score (nSPS) is 15.4. The Hall–Kier alpha value is -1.67. The van der Waals surface area contributed by atoms with Gasteiger partial charge in [-0.25, -0.2) is 4.68 Å². The van der Waals surface area contributed by atoms with E-state index in [9.17, 15) is 9.59 Å². The molecule has 0 unspecified atom stereocenters. The topological polar surface area (TPSA) is 101 Å². The number of aromatic nitrogens is 3. The van der Waals surface area contributed by atoms with E-state index in [0.29, 0.717) is 18.3 Å². The first-order valence-electron chi connectivity index (χ1n) is 8.43. The van der Waals surface area contributed by atoms with Gasteiger partial charge >= 0.3 is 0 Å². The van der Waals surface area contributed by atoms with Crippen LogP contribution in [0.4, 0.5) is 5.95 Å². The van der Waals surface area contributed by atoms with Crippen LogP contribution in [0.2, 0.25) is 0 Å². The van der Waals surface area contributed by atoms with E-state index in [1.165, 1.54) is 0 Å². The Labute approximate surface area is 154 Å². The molecule has 1 saturated heterocycles. The van der Waals surface area contributed by atoms with Gasteiger partial charge in [-0.2, -0.15) is 10.1 Å². The number of aryl methyl sites for hydroxylation is 1. The van der Waals surface area contributed by atoms with E-state index in [-0.39, 0.29) is 36.2 Å². The van der Waals surface area contributed by atoms with Crippen molar-refractivity contribution in [3.63, 3.8) is 0 Å². The molecule has 0 radical (unpaired) electrons. The largest absolute Gasteiger partial charge is 0.347 e. The third-order valence-corrected chi connectivity index (χ3v) is 3.87. The second-order valence-electron chi connectivity index (χ2n) is 7.50. The molecule has 0 atom stereocenters. The maximum absolute atomic E-state index is 12.0. The summed E-state index contributed by atoms with van der Waals surface area (Å²) in [5.41, 5.74) is -0.103. The first-order chi connectivity index (χ1) is 11.2. The third kappa shape index (κ3) is 6.99. The quantitative estimate of drug-likeness (QED) is 0.720. The number of hydrogen-bond donors (Lipinski definition) is 3. The minimum Gasteiger partial charge on any atom is -0.347 e. The summed E-state index contributed by atoms with van der Waals surface area (Å²) >= 11 is 0. The van der Waals surface area contributed by atoms with E-state index in [0.717, 1.165) is 31.8 Å². The molecule has 0 aromatic carbocycles. The molecule has 0 spiro atoms. The van der Waals surface area contributed by atoms with Gasteiger partial charge in [0.05, 0.1) is 6.54 Å². The Bertz CT molecular complexity index is 590. The first-order valence-corrected chi connectivity index (χ1v) is 8.43. The molecule has 2 amide bonds. The lowest BCUT2D eigenvalue weighted by Crippen LogP contribution is -2.35. The van der Waals surface area contributed by atoms with Crippen LogP contribution in [0.1, 0.15) is 51.8 Å². The summed E-state index contributed by atoms with van der Waals surface area (Å²) in [6.07, 6.45) is 2.38. The minimum absolute atomic E-state index is 0. The van der Waals surface area contributed by atoms with E-state index in [2.05, 4.69) is 26.0 Å². The number of hydrogen-bond acceptors (Lipinski definition) is 5. The summed E-state index contributed by atoms with van der Waals surface area (Å²) in [7, 11) is 1.76. The van der Waals surface area contributed by atoms with Gasteiger partial charge in [0.15, 0.2) is 5.82 Å². The third-order valence-electron chi connectivity index (χ3n) is 3.87. The molecule has 2 heterocycles. The molecule has 1 aromatic rings. The standard InChI is InChI=1S/C16H28N6O2.ClH/c1-16(2,3)9-12(23)18-10-13(24)19-15-20-14(21-22(15)4)11-5-7-17-8-6-11;/h11,17H,5-10H2,1-4H3,(H,18,23)(H,19,20,21,24);1H. The molecule has 1 fully saturated rings.